The van der Waals surface area contributed by atoms with Crippen LogP contribution in [0.4, 0.5) is 0 Å². The number of ether oxygens (including phenoxy) is 1. The Hall–Kier alpha value is -2.88. The Kier molecular flexibility index (Phi) is 6.12. The first-order chi connectivity index (χ1) is 11.3. The highest BCUT2D eigenvalue weighted by Gasteiger charge is 2.11. The van der Waals surface area contributed by atoms with E-state index in [-0.39, 0.29) is 5.91 Å². The van der Waals surface area contributed by atoms with Crippen LogP contribution in [0.5, 0.6) is 5.75 Å². The van der Waals surface area contributed by atoms with E-state index in [9.17, 15) is 4.79 Å². The molecule has 118 valence electrons. The van der Waals surface area contributed by atoms with Crippen LogP contribution in [0.15, 0.2) is 72.4 Å². The molecule has 0 heterocycles. The second-order valence-corrected chi connectivity index (χ2v) is 4.81. The van der Waals surface area contributed by atoms with Crippen molar-refractivity contribution in [3.05, 3.63) is 78.4 Å². The van der Waals surface area contributed by atoms with Gasteiger partial charge in [0.15, 0.2) is 0 Å². The minimum absolute atomic E-state index is 0.299. The third-order valence-electron chi connectivity index (χ3n) is 3.22. The summed E-state index contributed by atoms with van der Waals surface area (Å²) in [6.45, 7) is 5.95. The summed E-state index contributed by atoms with van der Waals surface area (Å²) >= 11 is 0. The van der Waals surface area contributed by atoms with E-state index in [1.165, 1.54) is 0 Å². The van der Waals surface area contributed by atoms with Crippen LogP contribution in [0.2, 0.25) is 0 Å². The van der Waals surface area contributed by atoms with Gasteiger partial charge in [-0.05, 0) is 24.1 Å². The number of nitrogens with zero attached hydrogens (tertiary/aromatic N) is 1. The summed E-state index contributed by atoms with van der Waals surface area (Å²) in [5, 5.41) is 4.25. The van der Waals surface area contributed by atoms with Crippen molar-refractivity contribution in [2.45, 2.75) is 13.3 Å². The molecule has 0 saturated carbocycles. The van der Waals surface area contributed by atoms with Crippen molar-refractivity contribution < 1.29 is 9.53 Å². The lowest BCUT2D eigenvalue weighted by Crippen LogP contribution is -2.20. The SMILES string of the molecule is C=CCOc1ccccc1C(=O)NN=C(CC)c1ccccc1. The van der Waals surface area contributed by atoms with Gasteiger partial charge in [-0.25, -0.2) is 5.43 Å². The molecule has 2 aromatic rings. The molecule has 0 aliphatic heterocycles. The van der Waals surface area contributed by atoms with Gasteiger partial charge in [0.05, 0.1) is 11.3 Å². The molecule has 0 bridgehead atoms. The van der Waals surface area contributed by atoms with Crippen molar-refractivity contribution in [3.8, 4) is 5.75 Å². The zero-order chi connectivity index (χ0) is 16.5. The fourth-order valence-electron chi connectivity index (χ4n) is 2.09. The summed E-state index contributed by atoms with van der Waals surface area (Å²) in [5.74, 6) is 0.212. The minimum Gasteiger partial charge on any atom is -0.489 e. The van der Waals surface area contributed by atoms with Crippen molar-refractivity contribution >= 4 is 11.6 Å². The molecule has 0 aromatic heterocycles. The van der Waals surface area contributed by atoms with Gasteiger partial charge in [0.2, 0.25) is 0 Å². The molecule has 23 heavy (non-hydrogen) atoms. The maximum absolute atomic E-state index is 12.4. The normalized spacial score (nSPS) is 10.9. The number of hydrazone groups is 1. The third-order valence-corrected chi connectivity index (χ3v) is 3.22. The summed E-state index contributed by atoms with van der Waals surface area (Å²) < 4.78 is 5.50. The van der Waals surface area contributed by atoms with Gasteiger partial charge >= 0.3 is 0 Å². The first-order valence-electron chi connectivity index (χ1n) is 7.51. The van der Waals surface area contributed by atoms with Crippen LogP contribution in [0.3, 0.4) is 0 Å². The summed E-state index contributed by atoms with van der Waals surface area (Å²) in [6, 6.07) is 16.8. The fraction of sp³-hybridized carbons (Fsp3) is 0.158. The number of amides is 1. The van der Waals surface area contributed by atoms with Crippen molar-refractivity contribution in [1.82, 2.24) is 5.43 Å². The van der Waals surface area contributed by atoms with E-state index in [0.29, 0.717) is 17.9 Å². The van der Waals surface area contributed by atoms with Crippen LogP contribution in [0.25, 0.3) is 0 Å². The van der Waals surface area contributed by atoms with Gasteiger partial charge in [0, 0.05) is 0 Å². The first-order valence-corrected chi connectivity index (χ1v) is 7.51. The van der Waals surface area contributed by atoms with Crippen LogP contribution in [0.1, 0.15) is 29.3 Å². The maximum Gasteiger partial charge on any atom is 0.275 e. The number of para-hydroxylation sites is 1. The van der Waals surface area contributed by atoms with Gasteiger partial charge < -0.3 is 4.74 Å². The Labute approximate surface area is 136 Å². The molecule has 0 saturated heterocycles. The maximum atomic E-state index is 12.4. The number of nitrogens with one attached hydrogen (secondary N) is 1. The average molecular weight is 308 g/mol. The van der Waals surface area contributed by atoms with E-state index in [4.69, 9.17) is 4.74 Å². The zero-order valence-electron chi connectivity index (χ0n) is 13.2. The van der Waals surface area contributed by atoms with E-state index in [1.807, 2.05) is 43.3 Å². The van der Waals surface area contributed by atoms with Crippen LogP contribution in [-0.2, 0) is 0 Å². The van der Waals surface area contributed by atoms with Gasteiger partial charge in [-0.2, -0.15) is 5.10 Å². The lowest BCUT2D eigenvalue weighted by molar-refractivity contribution is 0.0951. The van der Waals surface area contributed by atoms with Crippen LogP contribution in [-0.4, -0.2) is 18.2 Å². The Balaban J connectivity index is 2.15. The molecular formula is C19H20N2O2. The topological polar surface area (TPSA) is 50.7 Å². The Bertz CT molecular complexity index is 694. The molecule has 0 atom stereocenters. The van der Waals surface area contributed by atoms with Gasteiger partial charge in [0.25, 0.3) is 5.91 Å². The highest BCUT2D eigenvalue weighted by molar-refractivity contribution is 6.02. The molecule has 4 heteroatoms. The Morgan fingerprint density at radius 2 is 1.87 bits per heavy atom. The first kappa shape index (κ1) is 16.5. The standard InChI is InChI=1S/C19H20N2O2/c1-3-14-23-18-13-9-8-12-16(18)19(22)21-20-17(4-2)15-10-6-5-7-11-15/h3,5-13H,1,4,14H2,2H3,(H,21,22). The lowest BCUT2D eigenvalue weighted by atomic mass is 10.1. The predicted molar refractivity (Wildman–Crippen MR) is 92.9 cm³/mol. The summed E-state index contributed by atoms with van der Waals surface area (Å²) in [7, 11) is 0. The molecule has 0 aliphatic carbocycles. The summed E-state index contributed by atoms with van der Waals surface area (Å²) in [4.78, 5) is 12.4. The number of carbonyl (C=O) groups excluding carboxylic acids is 1. The van der Waals surface area contributed by atoms with Crippen molar-refractivity contribution in [2.75, 3.05) is 6.61 Å². The second-order valence-electron chi connectivity index (χ2n) is 4.81. The molecule has 0 aliphatic rings. The lowest BCUT2D eigenvalue weighted by Gasteiger charge is -2.09. The van der Waals surface area contributed by atoms with Crippen molar-refractivity contribution in [3.63, 3.8) is 0 Å². The van der Waals surface area contributed by atoms with Gasteiger partial charge in [0.1, 0.15) is 12.4 Å². The van der Waals surface area contributed by atoms with E-state index >= 15 is 0 Å². The zero-order valence-corrected chi connectivity index (χ0v) is 13.2. The minimum atomic E-state index is -0.299. The molecule has 0 radical (unpaired) electrons. The predicted octanol–water partition coefficient (Wildman–Crippen LogP) is 3.80. The number of carbonyl (C=O) groups is 1. The molecule has 4 nitrogen and oxygen atoms in total. The molecule has 0 unspecified atom stereocenters. The highest BCUT2D eigenvalue weighted by atomic mass is 16.5. The Morgan fingerprint density at radius 1 is 1.17 bits per heavy atom. The molecule has 2 aromatic carbocycles. The molecule has 0 spiro atoms. The summed E-state index contributed by atoms with van der Waals surface area (Å²) in [5.41, 5.74) is 4.87. The quantitative estimate of drug-likeness (QED) is 0.480. The highest BCUT2D eigenvalue weighted by Crippen LogP contribution is 2.17. The van der Waals surface area contributed by atoms with Gasteiger partial charge in [-0.15, -0.1) is 0 Å². The van der Waals surface area contributed by atoms with Crippen LogP contribution < -0.4 is 10.2 Å². The number of hydrogen-bond donors (Lipinski definition) is 1. The molecule has 0 fully saturated rings. The number of benzene rings is 2. The molecule has 1 N–H and O–H groups in total. The number of hydrogen-bond acceptors (Lipinski definition) is 3. The van der Waals surface area contributed by atoms with E-state index in [0.717, 1.165) is 17.7 Å². The van der Waals surface area contributed by atoms with Gasteiger partial charge in [-0.1, -0.05) is 62.0 Å². The van der Waals surface area contributed by atoms with E-state index in [2.05, 4.69) is 17.1 Å². The smallest absolute Gasteiger partial charge is 0.275 e. The Morgan fingerprint density at radius 3 is 2.57 bits per heavy atom. The van der Waals surface area contributed by atoms with Crippen molar-refractivity contribution in [1.29, 1.82) is 0 Å². The monoisotopic (exact) mass is 308 g/mol. The third kappa shape index (κ3) is 4.54. The van der Waals surface area contributed by atoms with Crippen LogP contribution >= 0.6 is 0 Å². The van der Waals surface area contributed by atoms with Crippen molar-refractivity contribution in [2.24, 2.45) is 5.10 Å². The van der Waals surface area contributed by atoms with Gasteiger partial charge in [-0.3, -0.25) is 4.79 Å². The summed E-state index contributed by atoms with van der Waals surface area (Å²) in [6.07, 6.45) is 2.36. The van der Waals surface area contributed by atoms with E-state index < -0.39 is 0 Å². The van der Waals surface area contributed by atoms with Crippen LogP contribution in [0, 0.1) is 0 Å². The molecular weight excluding hydrogens is 288 g/mol. The molecule has 2 rings (SSSR count). The largest absolute Gasteiger partial charge is 0.489 e. The second kappa shape index (κ2) is 8.54. The fourth-order valence-corrected chi connectivity index (χ4v) is 2.09. The number of rotatable bonds is 7. The van der Waals surface area contributed by atoms with E-state index in [1.54, 1.807) is 24.3 Å². The average Bonchev–Trinajstić information content (AvgIpc) is 2.61. The molecule has 1 amide bonds.